The van der Waals surface area contributed by atoms with Gasteiger partial charge in [-0.15, -0.1) is 0 Å². The van der Waals surface area contributed by atoms with Crippen LogP contribution in [0.1, 0.15) is 5.56 Å². The summed E-state index contributed by atoms with van der Waals surface area (Å²) in [6.45, 7) is 0. The van der Waals surface area contributed by atoms with Crippen LogP contribution in [-0.2, 0) is 22.0 Å². The average Bonchev–Trinajstić information content (AvgIpc) is 2.45. The molecule has 1 aliphatic rings. The van der Waals surface area contributed by atoms with E-state index in [1.54, 1.807) is 12.1 Å². The topological polar surface area (TPSA) is 54.4 Å². The molecule has 1 heterocycles. The molecule has 1 N–H and O–H groups in total. The van der Waals surface area contributed by atoms with Crippen molar-refractivity contribution in [3.05, 3.63) is 29.8 Å². The minimum atomic E-state index is -1.37. The van der Waals surface area contributed by atoms with E-state index in [0.717, 1.165) is 5.56 Å². The lowest BCUT2D eigenvalue weighted by Crippen LogP contribution is -2.22. The van der Waals surface area contributed by atoms with E-state index in [4.69, 9.17) is 5.11 Å². The summed E-state index contributed by atoms with van der Waals surface area (Å²) in [4.78, 5) is 11.4. The Kier molecular flexibility index (Phi) is 1.92. The Morgan fingerprint density at radius 1 is 1.46 bits per heavy atom. The maximum absolute atomic E-state index is 11.6. The van der Waals surface area contributed by atoms with E-state index < -0.39 is 22.0 Å². The molecule has 2 atom stereocenters. The molecule has 3 nitrogen and oxygen atoms in total. The van der Waals surface area contributed by atoms with Gasteiger partial charge in [0, 0.05) is 4.90 Å². The summed E-state index contributed by atoms with van der Waals surface area (Å²) in [7, 11) is -1.37. The molecule has 1 aliphatic heterocycles. The molecule has 2 rings (SSSR count). The zero-order valence-corrected chi connectivity index (χ0v) is 7.58. The molecule has 0 spiro atoms. The number of aliphatic carboxylic acids is 1. The Hall–Kier alpha value is -1.16. The van der Waals surface area contributed by atoms with Gasteiger partial charge in [-0.25, -0.2) is 0 Å². The number of benzene rings is 1. The lowest BCUT2D eigenvalue weighted by Gasteiger charge is -1.98. The number of carbonyl (C=O) groups is 1. The van der Waals surface area contributed by atoms with E-state index in [0.29, 0.717) is 11.3 Å². The van der Waals surface area contributed by atoms with Gasteiger partial charge >= 0.3 is 5.97 Å². The van der Waals surface area contributed by atoms with Crippen LogP contribution in [0.3, 0.4) is 0 Å². The van der Waals surface area contributed by atoms with Gasteiger partial charge in [0.1, 0.15) is 5.25 Å². The minimum Gasteiger partial charge on any atom is -0.480 e. The van der Waals surface area contributed by atoms with Gasteiger partial charge in [0.15, 0.2) is 0 Å². The first-order valence-electron chi connectivity index (χ1n) is 3.91. The van der Waals surface area contributed by atoms with Crippen LogP contribution in [0, 0.1) is 0 Å². The van der Waals surface area contributed by atoms with Crippen LogP contribution in [0.4, 0.5) is 0 Å². The number of rotatable bonds is 1. The Morgan fingerprint density at radius 3 is 2.77 bits per heavy atom. The van der Waals surface area contributed by atoms with Crippen molar-refractivity contribution in [2.45, 2.75) is 16.6 Å². The number of fused-ring (bicyclic) bond motifs is 1. The zero-order valence-electron chi connectivity index (χ0n) is 6.77. The third kappa shape index (κ3) is 1.27. The maximum atomic E-state index is 11.6. The van der Waals surface area contributed by atoms with Gasteiger partial charge in [-0.2, -0.15) is 0 Å². The summed E-state index contributed by atoms with van der Waals surface area (Å²) in [5, 5.41) is 8.01. The summed E-state index contributed by atoms with van der Waals surface area (Å²) < 4.78 is 11.6. The fraction of sp³-hybridized carbons (Fsp3) is 0.222. The molecule has 0 bridgehead atoms. The van der Waals surface area contributed by atoms with E-state index in [9.17, 15) is 9.00 Å². The molecule has 1 aromatic carbocycles. The first kappa shape index (κ1) is 8.44. The molecular formula is C9H8O3S. The number of carboxylic acids is 1. The zero-order chi connectivity index (χ0) is 9.42. The van der Waals surface area contributed by atoms with Crippen LogP contribution in [0.2, 0.25) is 0 Å². The van der Waals surface area contributed by atoms with Crippen molar-refractivity contribution in [1.82, 2.24) is 0 Å². The molecule has 0 saturated carbocycles. The Bertz CT molecular complexity index is 386. The first-order chi connectivity index (χ1) is 6.20. The van der Waals surface area contributed by atoms with Crippen LogP contribution in [0.25, 0.3) is 0 Å². The maximum Gasteiger partial charge on any atom is 0.320 e. The summed E-state index contributed by atoms with van der Waals surface area (Å²) in [5.41, 5.74) is 0.897. The Morgan fingerprint density at radius 2 is 2.15 bits per heavy atom. The number of hydrogen-bond acceptors (Lipinski definition) is 2. The summed E-state index contributed by atoms with van der Waals surface area (Å²) in [6, 6.07) is 7.17. The molecule has 68 valence electrons. The van der Waals surface area contributed by atoms with Crippen molar-refractivity contribution in [2.75, 3.05) is 0 Å². The quantitative estimate of drug-likeness (QED) is 0.723. The lowest BCUT2D eigenvalue weighted by molar-refractivity contribution is -0.136. The molecule has 0 radical (unpaired) electrons. The van der Waals surface area contributed by atoms with Gasteiger partial charge in [0.25, 0.3) is 0 Å². The SMILES string of the molecule is O=C(O)[C@H]1Cc2ccccc2[S@@]1=O. The molecular weight excluding hydrogens is 188 g/mol. The van der Waals surface area contributed by atoms with Gasteiger partial charge in [0.05, 0.1) is 10.8 Å². The van der Waals surface area contributed by atoms with Gasteiger partial charge < -0.3 is 5.11 Å². The molecule has 0 fully saturated rings. The van der Waals surface area contributed by atoms with E-state index in [1.807, 2.05) is 12.1 Å². The van der Waals surface area contributed by atoms with Gasteiger partial charge in [-0.3, -0.25) is 9.00 Å². The molecule has 0 aliphatic carbocycles. The van der Waals surface area contributed by atoms with Crippen molar-refractivity contribution in [3.63, 3.8) is 0 Å². The van der Waals surface area contributed by atoms with Crippen molar-refractivity contribution in [3.8, 4) is 0 Å². The minimum absolute atomic E-state index is 0.387. The number of carboxylic acid groups (broad SMARTS) is 1. The summed E-state index contributed by atoms with van der Waals surface area (Å²) in [6.07, 6.45) is 0.387. The molecule has 13 heavy (non-hydrogen) atoms. The molecule has 0 saturated heterocycles. The highest BCUT2D eigenvalue weighted by atomic mass is 32.2. The van der Waals surface area contributed by atoms with Crippen LogP contribution >= 0.6 is 0 Å². The lowest BCUT2D eigenvalue weighted by atomic mass is 10.1. The second kappa shape index (κ2) is 2.96. The second-order valence-electron chi connectivity index (χ2n) is 2.94. The second-order valence-corrected chi connectivity index (χ2v) is 4.54. The Labute approximate surface area is 77.9 Å². The monoisotopic (exact) mass is 196 g/mol. The highest BCUT2D eigenvalue weighted by molar-refractivity contribution is 7.86. The molecule has 0 aromatic heterocycles. The fourth-order valence-corrected chi connectivity index (χ4v) is 2.92. The van der Waals surface area contributed by atoms with Gasteiger partial charge in [0.2, 0.25) is 0 Å². The largest absolute Gasteiger partial charge is 0.480 e. The van der Waals surface area contributed by atoms with Crippen molar-refractivity contribution >= 4 is 16.8 Å². The van der Waals surface area contributed by atoms with E-state index in [2.05, 4.69) is 0 Å². The molecule has 0 unspecified atom stereocenters. The number of hydrogen-bond donors (Lipinski definition) is 1. The fourth-order valence-electron chi connectivity index (χ4n) is 1.48. The normalized spacial score (nSPS) is 25.5. The molecule has 4 heteroatoms. The van der Waals surface area contributed by atoms with Crippen LogP contribution < -0.4 is 0 Å². The van der Waals surface area contributed by atoms with Crippen LogP contribution in [0.15, 0.2) is 29.2 Å². The summed E-state index contributed by atoms with van der Waals surface area (Å²) in [5.74, 6) is -0.977. The van der Waals surface area contributed by atoms with Crippen molar-refractivity contribution < 1.29 is 14.1 Å². The van der Waals surface area contributed by atoms with E-state index in [-0.39, 0.29) is 0 Å². The van der Waals surface area contributed by atoms with Crippen molar-refractivity contribution in [1.29, 1.82) is 0 Å². The summed E-state index contributed by atoms with van der Waals surface area (Å²) >= 11 is 0. The smallest absolute Gasteiger partial charge is 0.320 e. The predicted molar refractivity (Wildman–Crippen MR) is 48.0 cm³/mol. The van der Waals surface area contributed by atoms with Crippen molar-refractivity contribution in [2.24, 2.45) is 0 Å². The predicted octanol–water partition coefficient (Wildman–Crippen LogP) is 0.804. The van der Waals surface area contributed by atoms with E-state index in [1.165, 1.54) is 0 Å². The third-order valence-electron chi connectivity index (χ3n) is 2.13. The standard InChI is InChI=1S/C9H8O3S/c10-9(11)8-5-6-3-1-2-4-7(6)13(8)12/h1-4,8H,5H2,(H,10,11)/t8-,13+/m1/s1. The average molecular weight is 196 g/mol. The Balaban J connectivity index is 2.44. The van der Waals surface area contributed by atoms with Gasteiger partial charge in [-0.1, -0.05) is 18.2 Å². The van der Waals surface area contributed by atoms with E-state index >= 15 is 0 Å². The molecule has 1 aromatic rings. The molecule has 0 amide bonds. The van der Waals surface area contributed by atoms with Crippen LogP contribution in [0.5, 0.6) is 0 Å². The van der Waals surface area contributed by atoms with Crippen LogP contribution in [-0.4, -0.2) is 20.5 Å². The third-order valence-corrected chi connectivity index (χ3v) is 3.85. The first-order valence-corrected chi connectivity index (χ1v) is 5.13. The van der Waals surface area contributed by atoms with Gasteiger partial charge in [-0.05, 0) is 18.1 Å². The highest BCUT2D eigenvalue weighted by Crippen LogP contribution is 2.27. The highest BCUT2D eigenvalue weighted by Gasteiger charge is 2.34.